The number of fused-ring (bicyclic) bond motifs is 1. The van der Waals surface area contributed by atoms with Gasteiger partial charge in [0.05, 0.1) is 24.3 Å². The third-order valence-electron chi connectivity index (χ3n) is 5.93. The molecule has 0 aliphatic heterocycles. The summed E-state index contributed by atoms with van der Waals surface area (Å²) in [6.45, 7) is 2.84. The van der Waals surface area contributed by atoms with Gasteiger partial charge in [-0.15, -0.1) is 0 Å². The van der Waals surface area contributed by atoms with E-state index in [0.717, 1.165) is 24.6 Å². The molecule has 0 amide bonds. The number of pyridine rings is 1. The number of unbranched alkanes of at least 4 members (excludes halogenated alkanes) is 5. The molecule has 0 fully saturated rings. The van der Waals surface area contributed by atoms with Crippen molar-refractivity contribution in [3.8, 4) is 11.6 Å². The molecule has 1 atom stereocenters. The van der Waals surface area contributed by atoms with E-state index >= 15 is 0 Å². The fourth-order valence-corrected chi connectivity index (χ4v) is 3.89. The lowest BCUT2D eigenvalue weighted by molar-refractivity contribution is 0.0681. The van der Waals surface area contributed by atoms with Crippen LogP contribution in [0.4, 0.5) is 0 Å². The van der Waals surface area contributed by atoms with Gasteiger partial charge in [-0.05, 0) is 42.8 Å². The molecular weight excluding hydrogens is 446 g/mol. The molecular formula is C28H33NO6. The molecule has 0 saturated carbocycles. The van der Waals surface area contributed by atoms with Gasteiger partial charge in [-0.3, -0.25) is 0 Å². The van der Waals surface area contributed by atoms with Crippen molar-refractivity contribution in [1.29, 1.82) is 0 Å². The molecule has 0 saturated heterocycles. The second-order valence-corrected chi connectivity index (χ2v) is 8.71. The minimum atomic E-state index is -1.08. The summed E-state index contributed by atoms with van der Waals surface area (Å²) in [5, 5.41) is 19.5. The Morgan fingerprint density at radius 1 is 0.857 bits per heavy atom. The van der Waals surface area contributed by atoms with Gasteiger partial charge in [0.1, 0.15) is 11.3 Å². The largest absolute Gasteiger partial charge is 0.493 e. The lowest BCUT2D eigenvalue weighted by Crippen LogP contribution is -2.21. The van der Waals surface area contributed by atoms with Crippen molar-refractivity contribution in [2.75, 3.05) is 13.2 Å². The van der Waals surface area contributed by atoms with E-state index in [1.165, 1.54) is 37.8 Å². The molecule has 2 N–H and O–H groups in total. The molecule has 0 bridgehead atoms. The molecule has 35 heavy (non-hydrogen) atoms. The number of aromatic carboxylic acids is 2. The van der Waals surface area contributed by atoms with Crippen LogP contribution in [0.3, 0.4) is 0 Å². The van der Waals surface area contributed by atoms with Crippen LogP contribution in [0.1, 0.15) is 72.6 Å². The van der Waals surface area contributed by atoms with Crippen LogP contribution in [-0.2, 0) is 0 Å². The van der Waals surface area contributed by atoms with Gasteiger partial charge in [-0.25, -0.2) is 14.6 Å². The first-order valence-corrected chi connectivity index (χ1v) is 12.2. The number of para-hydroxylation sites is 1. The lowest BCUT2D eigenvalue weighted by Gasteiger charge is -2.19. The second-order valence-electron chi connectivity index (χ2n) is 8.71. The SMILES string of the molecule is CCCCCCCCC(COc1ccc(C(=O)O)cc1)COc1nc2ccccc2cc1C(=O)O. The van der Waals surface area contributed by atoms with Gasteiger partial charge in [0.2, 0.25) is 5.88 Å². The van der Waals surface area contributed by atoms with Crippen LogP contribution in [0.15, 0.2) is 54.6 Å². The highest BCUT2D eigenvalue weighted by Crippen LogP contribution is 2.24. The molecule has 1 aromatic heterocycles. The van der Waals surface area contributed by atoms with Gasteiger partial charge in [-0.2, -0.15) is 0 Å². The van der Waals surface area contributed by atoms with E-state index in [1.807, 2.05) is 24.3 Å². The van der Waals surface area contributed by atoms with Crippen molar-refractivity contribution in [3.05, 3.63) is 65.7 Å². The minimum absolute atomic E-state index is 0.0234. The Hall–Kier alpha value is -3.61. The third-order valence-corrected chi connectivity index (χ3v) is 5.93. The minimum Gasteiger partial charge on any atom is -0.493 e. The maximum Gasteiger partial charge on any atom is 0.341 e. The molecule has 2 aromatic carbocycles. The van der Waals surface area contributed by atoms with Crippen molar-refractivity contribution in [3.63, 3.8) is 0 Å². The number of ether oxygens (including phenoxy) is 2. The summed E-state index contributed by atoms with van der Waals surface area (Å²) in [7, 11) is 0. The summed E-state index contributed by atoms with van der Waals surface area (Å²) in [5.41, 5.74) is 0.912. The summed E-state index contributed by atoms with van der Waals surface area (Å²) >= 11 is 0. The molecule has 0 radical (unpaired) electrons. The molecule has 7 heteroatoms. The van der Waals surface area contributed by atoms with E-state index in [1.54, 1.807) is 18.2 Å². The van der Waals surface area contributed by atoms with Gasteiger partial charge < -0.3 is 19.7 Å². The molecule has 1 heterocycles. The van der Waals surface area contributed by atoms with Gasteiger partial charge in [0.15, 0.2) is 0 Å². The Labute approximate surface area is 205 Å². The number of carboxylic acid groups (broad SMARTS) is 2. The highest BCUT2D eigenvalue weighted by atomic mass is 16.5. The van der Waals surface area contributed by atoms with Crippen molar-refractivity contribution < 1.29 is 29.3 Å². The van der Waals surface area contributed by atoms with Crippen LogP contribution in [0.2, 0.25) is 0 Å². The average Bonchev–Trinajstić information content (AvgIpc) is 2.86. The van der Waals surface area contributed by atoms with Gasteiger partial charge in [-0.1, -0.05) is 63.6 Å². The summed E-state index contributed by atoms with van der Waals surface area (Å²) in [5.74, 6) is -1.35. The maximum absolute atomic E-state index is 11.8. The van der Waals surface area contributed by atoms with Crippen LogP contribution in [0.25, 0.3) is 10.9 Å². The van der Waals surface area contributed by atoms with Crippen molar-refractivity contribution >= 4 is 22.8 Å². The number of benzene rings is 2. The highest BCUT2D eigenvalue weighted by Gasteiger charge is 2.18. The summed E-state index contributed by atoms with van der Waals surface area (Å²) in [6, 6.07) is 15.2. The van der Waals surface area contributed by atoms with Gasteiger partial charge in [0.25, 0.3) is 0 Å². The summed E-state index contributed by atoms with van der Waals surface area (Å²) in [6.07, 6.45) is 7.88. The van der Waals surface area contributed by atoms with Crippen LogP contribution >= 0.6 is 0 Å². The van der Waals surface area contributed by atoms with Crippen LogP contribution in [-0.4, -0.2) is 40.3 Å². The Morgan fingerprint density at radius 2 is 1.54 bits per heavy atom. The predicted octanol–water partition coefficient (Wildman–Crippen LogP) is 6.46. The smallest absolute Gasteiger partial charge is 0.341 e. The molecule has 0 spiro atoms. The van der Waals surface area contributed by atoms with E-state index in [9.17, 15) is 14.7 Å². The fourth-order valence-electron chi connectivity index (χ4n) is 3.89. The molecule has 186 valence electrons. The molecule has 3 aromatic rings. The van der Waals surface area contributed by atoms with E-state index in [-0.39, 0.29) is 29.5 Å². The van der Waals surface area contributed by atoms with Crippen LogP contribution < -0.4 is 9.47 Å². The van der Waals surface area contributed by atoms with E-state index < -0.39 is 11.9 Å². The Kier molecular flexibility index (Phi) is 9.90. The molecule has 3 rings (SSSR count). The Bertz CT molecular complexity index is 1110. The summed E-state index contributed by atoms with van der Waals surface area (Å²) in [4.78, 5) is 27.3. The number of aromatic nitrogens is 1. The molecule has 7 nitrogen and oxygen atoms in total. The topological polar surface area (TPSA) is 106 Å². The molecule has 0 aliphatic carbocycles. The highest BCUT2D eigenvalue weighted by molar-refractivity contribution is 5.95. The maximum atomic E-state index is 11.8. The quantitative estimate of drug-likeness (QED) is 0.241. The Balaban J connectivity index is 1.66. The monoisotopic (exact) mass is 479 g/mol. The number of carboxylic acids is 2. The number of hydrogen-bond donors (Lipinski definition) is 2. The first-order chi connectivity index (χ1) is 17.0. The van der Waals surface area contributed by atoms with Gasteiger partial charge >= 0.3 is 11.9 Å². The summed E-state index contributed by atoms with van der Waals surface area (Å²) < 4.78 is 11.9. The first kappa shape index (κ1) is 26.0. The van der Waals surface area contributed by atoms with Crippen molar-refractivity contribution in [2.45, 2.75) is 51.9 Å². The Morgan fingerprint density at radius 3 is 2.26 bits per heavy atom. The number of nitrogens with zero attached hydrogens (tertiary/aromatic N) is 1. The second kappa shape index (κ2) is 13.3. The fraction of sp³-hybridized carbons (Fsp3) is 0.393. The molecule has 1 unspecified atom stereocenters. The zero-order chi connectivity index (χ0) is 25.0. The zero-order valence-corrected chi connectivity index (χ0v) is 20.1. The lowest BCUT2D eigenvalue weighted by atomic mass is 10.0. The number of carbonyl (C=O) groups is 2. The molecule has 0 aliphatic rings. The number of rotatable bonds is 15. The van der Waals surface area contributed by atoms with E-state index in [2.05, 4.69) is 11.9 Å². The van der Waals surface area contributed by atoms with Crippen molar-refractivity contribution in [1.82, 2.24) is 4.98 Å². The van der Waals surface area contributed by atoms with Crippen molar-refractivity contribution in [2.24, 2.45) is 5.92 Å². The predicted molar refractivity (Wildman–Crippen MR) is 135 cm³/mol. The van der Waals surface area contributed by atoms with Gasteiger partial charge in [0, 0.05) is 11.3 Å². The van der Waals surface area contributed by atoms with Crippen LogP contribution in [0, 0.1) is 5.92 Å². The van der Waals surface area contributed by atoms with E-state index in [0.29, 0.717) is 17.9 Å². The zero-order valence-electron chi connectivity index (χ0n) is 20.1. The first-order valence-electron chi connectivity index (χ1n) is 12.2. The standard InChI is InChI=1S/C28H33NO6/c1-2-3-4-5-6-7-10-20(18-34-23-15-13-21(14-16-23)27(30)31)19-35-26-24(28(32)33)17-22-11-8-9-12-25(22)29-26/h8-9,11-17,20H,2-7,10,18-19H2,1H3,(H,30,31)(H,32,33). The number of hydrogen-bond acceptors (Lipinski definition) is 5. The third kappa shape index (κ3) is 7.98. The van der Waals surface area contributed by atoms with Crippen LogP contribution in [0.5, 0.6) is 11.6 Å². The van der Waals surface area contributed by atoms with E-state index in [4.69, 9.17) is 14.6 Å². The normalized spacial score (nSPS) is 11.8. The average molecular weight is 480 g/mol.